The van der Waals surface area contributed by atoms with E-state index < -0.39 is 26.6 Å². The zero-order valence-electron chi connectivity index (χ0n) is 13.0. The number of benzene rings is 2. The van der Waals surface area contributed by atoms with Crippen LogP contribution in [0.5, 0.6) is 0 Å². The van der Waals surface area contributed by atoms with Crippen LogP contribution in [0.3, 0.4) is 0 Å². The number of sulfonamides is 1. The lowest BCUT2D eigenvalue weighted by Crippen LogP contribution is -2.18. The predicted octanol–water partition coefficient (Wildman–Crippen LogP) is 3.36. The molecule has 0 aliphatic carbocycles. The molecule has 0 bridgehead atoms. The summed E-state index contributed by atoms with van der Waals surface area (Å²) < 4.78 is 53.0. The minimum absolute atomic E-state index is 0.170. The lowest BCUT2D eigenvalue weighted by molar-refractivity contribution is -0.118. The molecule has 8 heteroatoms. The largest absolute Gasteiger partial charge is 0.326 e. The first-order valence-electron chi connectivity index (χ1n) is 7.08. The highest BCUT2D eigenvalue weighted by molar-refractivity contribution is 7.92. The quantitative estimate of drug-likeness (QED) is 0.864. The van der Waals surface area contributed by atoms with Crippen molar-refractivity contribution in [3.63, 3.8) is 0 Å². The molecule has 2 aromatic rings. The molecule has 24 heavy (non-hydrogen) atoms. The van der Waals surface area contributed by atoms with E-state index in [9.17, 15) is 22.0 Å². The van der Waals surface area contributed by atoms with Crippen LogP contribution in [-0.4, -0.2) is 14.3 Å². The third-order valence-electron chi connectivity index (χ3n) is 3.11. The molecule has 5 nitrogen and oxygen atoms in total. The summed E-state index contributed by atoms with van der Waals surface area (Å²) in [4.78, 5) is 10.9. The molecule has 1 amide bonds. The van der Waals surface area contributed by atoms with E-state index in [1.807, 2.05) is 0 Å². The molecule has 2 rings (SSSR count). The van der Waals surface area contributed by atoms with Gasteiger partial charge in [0, 0.05) is 23.4 Å². The van der Waals surface area contributed by atoms with Gasteiger partial charge in [-0.15, -0.1) is 0 Å². The SMILES string of the molecule is CC(C)C(=O)Nc1ccc(NS(=O)(=O)c2ccc(F)cc2F)cc1. The summed E-state index contributed by atoms with van der Waals surface area (Å²) in [5, 5.41) is 2.66. The van der Waals surface area contributed by atoms with Gasteiger partial charge in [-0.1, -0.05) is 13.8 Å². The van der Waals surface area contributed by atoms with Gasteiger partial charge in [0.2, 0.25) is 5.91 Å². The van der Waals surface area contributed by atoms with Crippen molar-refractivity contribution < 1.29 is 22.0 Å². The van der Waals surface area contributed by atoms with Gasteiger partial charge < -0.3 is 5.32 Å². The summed E-state index contributed by atoms with van der Waals surface area (Å²) in [6.07, 6.45) is 0. The van der Waals surface area contributed by atoms with Gasteiger partial charge in [0.1, 0.15) is 16.5 Å². The van der Waals surface area contributed by atoms with E-state index in [0.29, 0.717) is 11.8 Å². The van der Waals surface area contributed by atoms with Gasteiger partial charge >= 0.3 is 0 Å². The number of amides is 1. The number of anilines is 2. The molecule has 0 fully saturated rings. The smallest absolute Gasteiger partial charge is 0.264 e. The van der Waals surface area contributed by atoms with Crippen molar-refractivity contribution in [1.82, 2.24) is 0 Å². The lowest BCUT2D eigenvalue weighted by atomic mass is 10.2. The normalized spacial score (nSPS) is 11.4. The van der Waals surface area contributed by atoms with Crippen LogP contribution in [0.25, 0.3) is 0 Å². The average molecular weight is 354 g/mol. The van der Waals surface area contributed by atoms with Gasteiger partial charge in [-0.25, -0.2) is 17.2 Å². The molecule has 0 radical (unpaired) electrons. The van der Waals surface area contributed by atoms with Crippen LogP contribution in [0.4, 0.5) is 20.2 Å². The summed E-state index contributed by atoms with van der Waals surface area (Å²) in [6.45, 7) is 3.49. The van der Waals surface area contributed by atoms with Crippen molar-refractivity contribution in [3.05, 3.63) is 54.1 Å². The van der Waals surface area contributed by atoms with Crippen LogP contribution < -0.4 is 10.0 Å². The molecule has 0 unspecified atom stereocenters. The molecule has 0 aliphatic heterocycles. The first kappa shape index (κ1) is 17.9. The number of rotatable bonds is 5. The minimum Gasteiger partial charge on any atom is -0.326 e. The minimum atomic E-state index is -4.19. The predicted molar refractivity (Wildman–Crippen MR) is 87.1 cm³/mol. The maximum absolute atomic E-state index is 13.6. The third kappa shape index (κ3) is 4.29. The van der Waals surface area contributed by atoms with Crippen molar-refractivity contribution in [2.24, 2.45) is 5.92 Å². The average Bonchev–Trinajstić information content (AvgIpc) is 2.48. The number of hydrogen-bond donors (Lipinski definition) is 2. The van der Waals surface area contributed by atoms with Gasteiger partial charge in [0.15, 0.2) is 0 Å². The molecular weight excluding hydrogens is 338 g/mol. The van der Waals surface area contributed by atoms with Crippen LogP contribution >= 0.6 is 0 Å². The Kier molecular flexibility index (Phi) is 5.18. The molecule has 0 spiro atoms. The summed E-state index contributed by atoms with van der Waals surface area (Å²) in [5.41, 5.74) is 0.686. The van der Waals surface area contributed by atoms with Gasteiger partial charge in [0.05, 0.1) is 0 Å². The van der Waals surface area contributed by atoms with Crippen LogP contribution in [0, 0.1) is 17.6 Å². The van der Waals surface area contributed by atoms with Crippen molar-refractivity contribution in [1.29, 1.82) is 0 Å². The van der Waals surface area contributed by atoms with E-state index in [1.165, 1.54) is 24.3 Å². The van der Waals surface area contributed by atoms with Crippen LogP contribution in [0.1, 0.15) is 13.8 Å². The Morgan fingerprint density at radius 1 is 1.00 bits per heavy atom. The second-order valence-corrected chi connectivity index (χ2v) is 7.05. The first-order chi connectivity index (χ1) is 11.2. The topological polar surface area (TPSA) is 75.3 Å². The summed E-state index contributed by atoms with van der Waals surface area (Å²) in [6, 6.07) is 8.09. The molecule has 0 atom stereocenters. The van der Waals surface area contributed by atoms with E-state index in [4.69, 9.17) is 0 Å². The second-order valence-electron chi connectivity index (χ2n) is 5.40. The second kappa shape index (κ2) is 6.96. The van der Waals surface area contributed by atoms with Gasteiger partial charge in [-0.3, -0.25) is 9.52 Å². The Hall–Kier alpha value is -2.48. The standard InChI is InChI=1S/C16H16F2N2O3S/c1-10(2)16(21)19-12-4-6-13(7-5-12)20-24(22,23)15-8-3-11(17)9-14(15)18/h3-10,20H,1-2H3,(H,19,21). The van der Waals surface area contributed by atoms with Gasteiger partial charge in [-0.2, -0.15) is 0 Å². The number of carbonyl (C=O) groups excluding carboxylic acids is 1. The number of nitrogens with one attached hydrogen (secondary N) is 2. The van der Waals surface area contributed by atoms with Crippen LogP contribution in [0.15, 0.2) is 47.4 Å². The van der Waals surface area contributed by atoms with Crippen molar-refractivity contribution >= 4 is 27.3 Å². The molecule has 2 N–H and O–H groups in total. The summed E-state index contributed by atoms with van der Waals surface area (Å²) in [5.74, 6) is -2.40. The van der Waals surface area contributed by atoms with Crippen LogP contribution in [-0.2, 0) is 14.8 Å². The zero-order valence-corrected chi connectivity index (χ0v) is 13.8. The van der Waals surface area contributed by atoms with Crippen molar-refractivity contribution in [3.8, 4) is 0 Å². The molecule has 0 aliphatic rings. The van der Waals surface area contributed by atoms with E-state index in [-0.39, 0.29) is 17.5 Å². The number of hydrogen-bond acceptors (Lipinski definition) is 3. The van der Waals surface area contributed by atoms with Crippen molar-refractivity contribution in [2.45, 2.75) is 18.7 Å². The van der Waals surface area contributed by atoms with Crippen molar-refractivity contribution in [2.75, 3.05) is 10.0 Å². The third-order valence-corrected chi connectivity index (χ3v) is 4.53. The van der Waals surface area contributed by atoms with E-state index in [1.54, 1.807) is 13.8 Å². The number of halogens is 2. The molecule has 128 valence electrons. The summed E-state index contributed by atoms with van der Waals surface area (Å²) in [7, 11) is -4.19. The Bertz CT molecular complexity index is 850. The molecular formula is C16H16F2N2O3S. The number of carbonyl (C=O) groups is 1. The van der Waals surface area contributed by atoms with Gasteiger partial charge in [0.25, 0.3) is 10.0 Å². The Morgan fingerprint density at radius 3 is 2.12 bits per heavy atom. The monoisotopic (exact) mass is 354 g/mol. The van der Waals surface area contributed by atoms with E-state index in [0.717, 1.165) is 12.1 Å². The molecule has 0 saturated carbocycles. The maximum atomic E-state index is 13.6. The highest BCUT2D eigenvalue weighted by atomic mass is 32.2. The fourth-order valence-electron chi connectivity index (χ4n) is 1.81. The molecule has 0 aromatic heterocycles. The molecule has 2 aromatic carbocycles. The molecule has 0 heterocycles. The van der Waals surface area contributed by atoms with E-state index >= 15 is 0 Å². The highest BCUT2D eigenvalue weighted by Gasteiger charge is 2.19. The lowest BCUT2D eigenvalue weighted by Gasteiger charge is -2.11. The first-order valence-corrected chi connectivity index (χ1v) is 8.56. The van der Waals surface area contributed by atoms with Crippen LogP contribution in [0.2, 0.25) is 0 Å². The fraction of sp³-hybridized carbons (Fsp3) is 0.188. The summed E-state index contributed by atoms with van der Waals surface area (Å²) >= 11 is 0. The highest BCUT2D eigenvalue weighted by Crippen LogP contribution is 2.21. The Labute approximate surface area is 138 Å². The Balaban J connectivity index is 2.17. The Morgan fingerprint density at radius 2 is 1.58 bits per heavy atom. The maximum Gasteiger partial charge on any atom is 0.264 e. The zero-order chi connectivity index (χ0) is 17.9. The fourth-order valence-corrected chi connectivity index (χ4v) is 2.93. The van der Waals surface area contributed by atoms with Gasteiger partial charge in [-0.05, 0) is 36.4 Å². The van der Waals surface area contributed by atoms with E-state index in [2.05, 4.69) is 10.0 Å². The molecule has 0 saturated heterocycles.